The number of rotatable bonds is 7. The molecule has 6 nitrogen and oxygen atoms in total. The third-order valence-electron chi connectivity index (χ3n) is 5.20. The number of aromatic nitrogens is 2. The fourth-order valence-corrected chi connectivity index (χ4v) is 3.33. The summed E-state index contributed by atoms with van der Waals surface area (Å²) in [6, 6.07) is 19.7. The summed E-state index contributed by atoms with van der Waals surface area (Å²) in [6.45, 7) is 2.38. The molecular formula is C23H24N4O2. The van der Waals surface area contributed by atoms with E-state index in [0.29, 0.717) is 12.5 Å². The summed E-state index contributed by atoms with van der Waals surface area (Å²) in [7, 11) is 0. The molecule has 1 aliphatic rings. The lowest BCUT2D eigenvalue weighted by Crippen LogP contribution is -2.37. The van der Waals surface area contributed by atoms with Crippen LogP contribution in [0, 0.1) is 11.8 Å². The van der Waals surface area contributed by atoms with Gasteiger partial charge in [-0.2, -0.15) is 5.10 Å². The fraction of sp³-hybridized carbons (Fsp3) is 0.261. The topological polar surface area (TPSA) is 76.0 Å². The first-order chi connectivity index (χ1) is 14.1. The number of hydrogen-bond donors (Lipinski definition) is 2. The number of hydrogen-bond acceptors (Lipinski definition) is 3. The Labute approximate surface area is 169 Å². The van der Waals surface area contributed by atoms with E-state index >= 15 is 0 Å². The molecule has 0 unspecified atom stereocenters. The van der Waals surface area contributed by atoms with Crippen molar-refractivity contribution in [3.63, 3.8) is 0 Å². The molecule has 1 heterocycles. The Bertz CT molecular complexity index is 998. The first-order valence-electron chi connectivity index (χ1n) is 9.85. The molecule has 3 aromatic rings. The Morgan fingerprint density at radius 1 is 1.03 bits per heavy atom. The summed E-state index contributed by atoms with van der Waals surface area (Å²) in [4.78, 5) is 24.1. The molecular weight excluding hydrogens is 364 g/mol. The predicted octanol–water partition coefficient (Wildman–Crippen LogP) is 2.93. The van der Waals surface area contributed by atoms with Crippen LogP contribution in [0.5, 0.6) is 0 Å². The summed E-state index contributed by atoms with van der Waals surface area (Å²) in [5.41, 5.74) is 3.68. The number of para-hydroxylation sites is 1. The maximum absolute atomic E-state index is 12.2. The predicted molar refractivity (Wildman–Crippen MR) is 111 cm³/mol. The van der Waals surface area contributed by atoms with Crippen molar-refractivity contribution in [3.05, 3.63) is 72.4 Å². The number of nitrogens with one attached hydrogen (secondary N) is 2. The maximum atomic E-state index is 12.2. The van der Waals surface area contributed by atoms with Crippen LogP contribution in [-0.4, -0.2) is 28.1 Å². The van der Waals surface area contributed by atoms with Gasteiger partial charge in [0.15, 0.2) is 0 Å². The van der Waals surface area contributed by atoms with Gasteiger partial charge in [0.2, 0.25) is 11.8 Å². The molecule has 1 fully saturated rings. The molecule has 6 heteroatoms. The SMILES string of the molecule is C[C@H]1C[C@@H]1C(=O)NCC(=O)NCc1cn(-c2ccccc2)nc1-c1ccccc1. The van der Waals surface area contributed by atoms with Crippen LogP contribution in [0.3, 0.4) is 0 Å². The van der Waals surface area contributed by atoms with Gasteiger partial charge >= 0.3 is 0 Å². The largest absolute Gasteiger partial charge is 0.350 e. The Morgan fingerprint density at radius 2 is 1.69 bits per heavy atom. The molecule has 0 radical (unpaired) electrons. The molecule has 2 amide bonds. The second-order valence-corrected chi connectivity index (χ2v) is 7.46. The summed E-state index contributed by atoms with van der Waals surface area (Å²) in [5, 5.41) is 10.3. The molecule has 0 aliphatic heterocycles. The molecule has 2 atom stereocenters. The Morgan fingerprint density at radius 3 is 2.34 bits per heavy atom. The molecule has 1 saturated carbocycles. The van der Waals surface area contributed by atoms with Gasteiger partial charge in [-0.05, 0) is 24.5 Å². The van der Waals surface area contributed by atoms with Crippen LogP contribution in [0.4, 0.5) is 0 Å². The van der Waals surface area contributed by atoms with Crippen molar-refractivity contribution in [2.24, 2.45) is 11.8 Å². The highest BCUT2D eigenvalue weighted by Crippen LogP contribution is 2.37. The van der Waals surface area contributed by atoms with E-state index in [4.69, 9.17) is 5.10 Å². The monoisotopic (exact) mass is 388 g/mol. The number of benzene rings is 2. The molecule has 1 aliphatic carbocycles. The number of carbonyl (C=O) groups is 2. The highest BCUT2D eigenvalue weighted by molar-refractivity contribution is 5.87. The molecule has 4 rings (SSSR count). The highest BCUT2D eigenvalue weighted by atomic mass is 16.2. The van der Waals surface area contributed by atoms with Crippen LogP contribution in [-0.2, 0) is 16.1 Å². The van der Waals surface area contributed by atoms with Crippen LogP contribution in [0.1, 0.15) is 18.9 Å². The van der Waals surface area contributed by atoms with Gasteiger partial charge in [0.25, 0.3) is 0 Å². The average molecular weight is 388 g/mol. The maximum Gasteiger partial charge on any atom is 0.239 e. The zero-order valence-electron chi connectivity index (χ0n) is 16.3. The standard InChI is InChI=1S/C23H24N4O2/c1-16-12-20(16)23(29)25-14-21(28)24-13-18-15-27(19-10-6-3-7-11-19)26-22(18)17-8-4-2-5-9-17/h2-11,15-16,20H,12-14H2,1H3,(H,24,28)(H,25,29)/t16-,20-/m0/s1. The minimum atomic E-state index is -0.210. The molecule has 0 saturated heterocycles. The summed E-state index contributed by atoms with van der Waals surface area (Å²) in [5.74, 6) is 0.250. The minimum Gasteiger partial charge on any atom is -0.350 e. The number of nitrogens with zero attached hydrogens (tertiary/aromatic N) is 2. The van der Waals surface area contributed by atoms with Crippen molar-refractivity contribution in [2.75, 3.05) is 6.54 Å². The minimum absolute atomic E-state index is 0.00442. The average Bonchev–Trinajstić information content (AvgIpc) is 3.34. The molecule has 0 spiro atoms. The molecule has 148 valence electrons. The van der Waals surface area contributed by atoms with E-state index in [-0.39, 0.29) is 24.3 Å². The molecule has 1 aromatic heterocycles. The Hall–Kier alpha value is -3.41. The van der Waals surface area contributed by atoms with Crippen molar-refractivity contribution in [3.8, 4) is 16.9 Å². The van der Waals surface area contributed by atoms with Gasteiger partial charge in [-0.1, -0.05) is 55.5 Å². The molecule has 2 aromatic carbocycles. The van der Waals surface area contributed by atoms with E-state index in [1.54, 1.807) is 0 Å². The lowest BCUT2D eigenvalue weighted by Gasteiger charge is -2.07. The van der Waals surface area contributed by atoms with E-state index in [0.717, 1.165) is 28.9 Å². The normalized spacial score (nSPS) is 17.6. The van der Waals surface area contributed by atoms with Gasteiger partial charge in [0.1, 0.15) is 0 Å². The van der Waals surface area contributed by atoms with E-state index in [2.05, 4.69) is 10.6 Å². The van der Waals surface area contributed by atoms with Crippen LogP contribution in [0.25, 0.3) is 16.9 Å². The van der Waals surface area contributed by atoms with Gasteiger partial charge in [-0.25, -0.2) is 4.68 Å². The van der Waals surface area contributed by atoms with E-state index < -0.39 is 0 Å². The first-order valence-corrected chi connectivity index (χ1v) is 9.85. The van der Waals surface area contributed by atoms with Gasteiger partial charge in [0.05, 0.1) is 17.9 Å². The highest BCUT2D eigenvalue weighted by Gasteiger charge is 2.38. The quantitative estimate of drug-likeness (QED) is 0.653. The van der Waals surface area contributed by atoms with E-state index in [1.165, 1.54) is 0 Å². The van der Waals surface area contributed by atoms with Crippen molar-refractivity contribution >= 4 is 11.8 Å². The smallest absolute Gasteiger partial charge is 0.239 e. The lowest BCUT2D eigenvalue weighted by molar-refractivity contribution is -0.127. The van der Waals surface area contributed by atoms with Gasteiger partial charge in [-0.3, -0.25) is 9.59 Å². The van der Waals surface area contributed by atoms with E-state index in [9.17, 15) is 9.59 Å². The van der Waals surface area contributed by atoms with Crippen molar-refractivity contribution in [1.29, 1.82) is 0 Å². The number of carbonyl (C=O) groups excluding carboxylic acids is 2. The number of amides is 2. The van der Waals surface area contributed by atoms with Crippen LogP contribution < -0.4 is 10.6 Å². The second kappa shape index (κ2) is 8.31. The van der Waals surface area contributed by atoms with Crippen LogP contribution >= 0.6 is 0 Å². The summed E-state index contributed by atoms with van der Waals surface area (Å²) in [6.07, 6.45) is 2.84. The van der Waals surface area contributed by atoms with Gasteiger partial charge in [-0.15, -0.1) is 0 Å². The zero-order valence-corrected chi connectivity index (χ0v) is 16.3. The summed E-state index contributed by atoms with van der Waals surface area (Å²) >= 11 is 0. The van der Waals surface area contributed by atoms with Crippen LogP contribution in [0.15, 0.2) is 66.9 Å². The van der Waals surface area contributed by atoms with Gasteiger partial charge < -0.3 is 10.6 Å². The molecule has 2 N–H and O–H groups in total. The fourth-order valence-electron chi connectivity index (χ4n) is 3.33. The van der Waals surface area contributed by atoms with Crippen molar-refractivity contribution in [2.45, 2.75) is 19.9 Å². The summed E-state index contributed by atoms with van der Waals surface area (Å²) < 4.78 is 1.82. The third kappa shape index (κ3) is 4.54. The van der Waals surface area contributed by atoms with Crippen molar-refractivity contribution < 1.29 is 9.59 Å². The van der Waals surface area contributed by atoms with Crippen molar-refractivity contribution in [1.82, 2.24) is 20.4 Å². The second-order valence-electron chi connectivity index (χ2n) is 7.46. The molecule has 29 heavy (non-hydrogen) atoms. The Kier molecular flexibility index (Phi) is 5.42. The Balaban J connectivity index is 1.46. The lowest BCUT2D eigenvalue weighted by atomic mass is 10.1. The third-order valence-corrected chi connectivity index (χ3v) is 5.20. The van der Waals surface area contributed by atoms with E-state index in [1.807, 2.05) is 78.5 Å². The first kappa shape index (κ1) is 18.9. The zero-order chi connectivity index (χ0) is 20.2. The van der Waals surface area contributed by atoms with Gasteiger partial charge in [0, 0.05) is 29.8 Å². The molecule has 0 bridgehead atoms. The van der Waals surface area contributed by atoms with Crippen LogP contribution in [0.2, 0.25) is 0 Å².